The molecular formula is C19H24Cl2N4O2S. The molecule has 0 spiro atoms. The van der Waals surface area contributed by atoms with Crippen LogP contribution in [0.3, 0.4) is 0 Å². The highest BCUT2D eigenvalue weighted by atomic mass is 35.5. The van der Waals surface area contributed by atoms with E-state index in [0.29, 0.717) is 21.7 Å². The molecule has 1 N–H and O–H groups in total. The van der Waals surface area contributed by atoms with Crippen molar-refractivity contribution in [3.05, 3.63) is 38.8 Å². The second-order valence-corrected chi connectivity index (χ2v) is 9.64. The monoisotopic (exact) mass is 442 g/mol. The number of benzene rings is 1. The number of amides is 2. The second-order valence-electron chi connectivity index (χ2n) is 7.87. The standard InChI is InChI=1S/C19H24Cl2N4O2S/c1-5-6-9-24-14(11-7-8-12(20)13(21)10-11)15(26)25(18(24)27)17-23-22-16(28-17)19(2,3)4/h7-8,10,14-15,26H,5-6,9H2,1-4H3. The zero-order valence-corrected chi connectivity index (χ0v) is 18.6. The molecule has 1 aliphatic heterocycles. The minimum Gasteiger partial charge on any atom is -0.370 e. The lowest BCUT2D eigenvalue weighted by Gasteiger charge is -2.25. The maximum absolute atomic E-state index is 13.2. The number of urea groups is 1. The number of anilines is 1. The molecule has 2 atom stereocenters. The number of unbranched alkanes of at least 4 members (excludes halogenated alkanes) is 1. The van der Waals surface area contributed by atoms with Crippen LogP contribution < -0.4 is 4.90 Å². The molecule has 6 nitrogen and oxygen atoms in total. The van der Waals surface area contributed by atoms with Crippen molar-refractivity contribution in [2.24, 2.45) is 0 Å². The minimum absolute atomic E-state index is 0.186. The van der Waals surface area contributed by atoms with E-state index in [1.54, 1.807) is 23.1 Å². The number of aromatic nitrogens is 2. The molecule has 0 aliphatic carbocycles. The molecule has 2 aromatic rings. The van der Waals surface area contributed by atoms with Crippen LogP contribution in [-0.4, -0.2) is 39.0 Å². The van der Waals surface area contributed by atoms with Crippen molar-refractivity contribution in [1.29, 1.82) is 0 Å². The van der Waals surface area contributed by atoms with Gasteiger partial charge in [-0.05, 0) is 24.1 Å². The predicted octanol–water partition coefficient (Wildman–Crippen LogP) is 5.24. The topological polar surface area (TPSA) is 69.6 Å². The Labute approximate surface area is 179 Å². The molecule has 1 aromatic heterocycles. The smallest absolute Gasteiger partial charge is 0.329 e. The van der Waals surface area contributed by atoms with Crippen LogP contribution in [0.25, 0.3) is 0 Å². The summed E-state index contributed by atoms with van der Waals surface area (Å²) in [7, 11) is 0. The van der Waals surface area contributed by atoms with Gasteiger partial charge < -0.3 is 10.0 Å². The van der Waals surface area contributed by atoms with Crippen molar-refractivity contribution in [2.75, 3.05) is 11.4 Å². The van der Waals surface area contributed by atoms with Crippen LogP contribution >= 0.6 is 34.5 Å². The number of halogens is 2. The van der Waals surface area contributed by atoms with E-state index in [9.17, 15) is 9.90 Å². The summed E-state index contributed by atoms with van der Waals surface area (Å²) in [6, 6.07) is 4.33. The molecule has 1 saturated heterocycles. The highest BCUT2D eigenvalue weighted by Gasteiger charge is 2.47. The zero-order chi connectivity index (χ0) is 20.6. The van der Waals surface area contributed by atoms with Gasteiger partial charge in [0.05, 0.1) is 10.0 Å². The van der Waals surface area contributed by atoms with Crippen LogP contribution in [0.5, 0.6) is 0 Å². The Kier molecular flexibility index (Phi) is 6.20. The molecule has 2 amide bonds. The highest BCUT2D eigenvalue weighted by molar-refractivity contribution is 7.15. The SMILES string of the molecule is CCCCN1C(=O)N(c2nnc(C(C)(C)C)s2)C(O)C1c1ccc(Cl)c(Cl)c1. The van der Waals surface area contributed by atoms with Crippen molar-refractivity contribution in [1.82, 2.24) is 15.1 Å². The molecule has 28 heavy (non-hydrogen) atoms. The Balaban J connectivity index is 2.00. The summed E-state index contributed by atoms with van der Waals surface area (Å²) in [5, 5.41) is 21.5. The maximum atomic E-state index is 13.2. The predicted molar refractivity (Wildman–Crippen MR) is 113 cm³/mol. The first-order chi connectivity index (χ1) is 13.1. The number of carbonyl (C=O) groups excluding carboxylic acids is 1. The Morgan fingerprint density at radius 2 is 1.93 bits per heavy atom. The van der Waals surface area contributed by atoms with Gasteiger partial charge in [-0.15, -0.1) is 10.2 Å². The molecule has 0 saturated carbocycles. The number of rotatable bonds is 5. The molecule has 1 fully saturated rings. The molecule has 0 radical (unpaired) electrons. The fraction of sp³-hybridized carbons (Fsp3) is 0.526. The number of nitrogens with zero attached hydrogens (tertiary/aromatic N) is 4. The Hall–Kier alpha value is -1.41. The fourth-order valence-corrected chi connectivity index (χ4v) is 4.33. The van der Waals surface area contributed by atoms with E-state index in [-0.39, 0.29) is 11.4 Å². The molecule has 3 rings (SSSR count). The largest absolute Gasteiger partial charge is 0.370 e. The molecule has 1 aromatic carbocycles. The van der Waals surface area contributed by atoms with E-state index in [0.717, 1.165) is 23.4 Å². The quantitative estimate of drug-likeness (QED) is 0.686. The highest BCUT2D eigenvalue weighted by Crippen LogP contribution is 2.41. The van der Waals surface area contributed by atoms with Crippen LogP contribution in [0.2, 0.25) is 10.0 Å². The third kappa shape index (κ3) is 3.99. The summed E-state index contributed by atoms with van der Waals surface area (Å²) < 4.78 is 0. The van der Waals surface area contributed by atoms with Gasteiger partial charge in [0.15, 0.2) is 6.23 Å². The van der Waals surface area contributed by atoms with Crippen LogP contribution in [0.4, 0.5) is 9.93 Å². The van der Waals surface area contributed by atoms with Gasteiger partial charge in [0, 0.05) is 12.0 Å². The molecule has 2 unspecified atom stereocenters. The number of carbonyl (C=O) groups is 1. The number of hydrogen-bond donors (Lipinski definition) is 1. The van der Waals surface area contributed by atoms with E-state index < -0.39 is 12.3 Å². The van der Waals surface area contributed by atoms with Gasteiger partial charge in [-0.25, -0.2) is 9.69 Å². The van der Waals surface area contributed by atoms with Crippen LogP contribution in [0.15, 0.2) is 18.2 Å². The lowest BCUT2D eigenvalue weighted by Crippen LogP contribution is -2.35. The first-order valence-electron chi connectivity index (χ1n) is 9.22. The molecule has 1 aliphatic rings. The van der Waals surface area contributed by atoms with Gasteiger partial charge in [-0.2, -0.15) is 0 Å². The van der Waals surface area contributed by atoms with Crippen molar-refractivity contribution >= 4 is 45.7 Å². The van der Waals surface area contributed by atoms with Crippen molar-refractivity contribution in [2.45, 2.75) is 58.2 Å². The van der Waals surface area contributed by atoms with Crippen LogP contribution in [0.1, 0.15) is 57.1 Å². The summed E-state index contributed by atoms with van der Waals surface area (Å²) in [4.78, 5) is 16.2. The fourth-order valence-electron chi connectivity index (χ4n) is 3.10. The van der Waals surface area contributed by atoms with Crippen molar-refractivity contribution < 1.29 is 9.90 Å². The number of aliphatic hydroxyl groups excluding tert-OH is 1. The third-order valence-corrected chi connectivity index (χ3v) is 6.72. The Morgan fingerprint density at radius 3 is 2.50 bits per heavy atom. The summed E-state index contributed by atoms with van der Waals surface area (Å²) >= 11 is 13.5. The van der Waals surface area contributed by atoms with Gasteiger partial charge in [0.2, 0.25) is 5.13 Å². The first kappa shape index (κ1) is 21.3. The summed E-state index contributed by atoms with van der Waals surface area (Å²) in [5.41, 5.74) is 0.545. The van der Waals surface area contributed by atoms with Crippen LogP contribution in [0, 0.1) is 0 Å². The van der Waals surface area contributed by atoms with E-state index >= 15 is 0 Å². The van der Waals surface area contributed by atoms with Gasteiger partial charge in [-0.3, -0.25) is 0 Å². The minimum atomic E-state index is -1.10. The van der Waals surface area contributed by atoms with Crippen molar-refractivity contribution in [3.8, 4) is 0 Å². The lowest BCUT2D eigenvalue weighted by atomic mass is 9.98. The molecule has 9 heteroatoms. The first-order valence-corrected chi connectivity index (χ1v) is 10.8. The van der Waals surface area contributed by atoms with Gasteiger partial charge >= 0.3 is 6.03 Å². The average Bonchev–Trinajstić information content (AvgIpc) is 3.19. The number of aliphatic hydroxyl groups is 1. The summed E-state index contributed by atoms with van der Waals surface area (Å²) in [5.74, 6) is 0. The molecular weight excluding hydrogens is 419 g/mol. The Bertz CT molecular complexity index is 868. The van der Waals surface area contributed by atoms with E-state index in [4.69, 9.17) is 23.2 Å². The van der Waals surface area contributed by atoms with Gasteiger partial charge in [0.1, 0.15) is 11.0 Å². The lowest BCUT2D eigenvalue weighted by molar-refractivity contribution is 0.118. The zero-order valence-electron chi connectivity index (χ0n) is 16.3. The molecule has 0 bridgehead atoms. The second kappa shape index (κ2) is 8.14. The third-order valence-electron chi connectivity index (χ3n) is 4.63. The van der Waals surface area contributed by atoms with Gasteiger partial charge in [0.25, 0.3) is 0 Å². The Morgan fingerprint density at radius 1 is 1.21 bits per heavy atom. The normalized spacial score (nSPS) is 20.3. The molecule has 152 valence electrons. The average molecular weight is 443 g/mol. The number of hydrogen-bond acceptors (Lipinski definition) is 5. The summed E-state index contributed by atoms with van der Waals surface area (Å²) in [6.45, 7) is 8.69. The van der Waals surface area contributed by atoms with Crippen LogP contribution in [-0.2, 0) is 5.41 Å². The van der Waals surface area contributed by atoms with Gasteiger partial charge in [-0.1, -0.05) is 74.7 Å². The maximum Gasteiger partial charge on any atom is 0.329 e. The van der Waals surface area contributed by atoms with Crippen molar-refractivity contribution in [3.63, 3.8) is 0 Å². The summed E-state index contributed by atoms with van der Waals surface area (Å²) in [6.07, 6.45) is 0.663. The van der Waals surface area contributed by atoms with E-state index in [1.807, 2.05) is 20.8 Å². The van der Waals surface area contributed by atoms with E-state index in [1.165, 1.54) is 16.2 Å². The van der Waals surface area contributed by atoms with E-state index in [2.05, 4.69) is 17.1 Å². The molecule has 2 heterocycles.